The summed E-state index contributed by atoms with van der Waals surface area (Å²) in [6, 6.07) is 5.63. The molecule has 1 aliphatic rings. The maximum atomic E-state index is 10.9. The molecule has 1 aromatic rings. The second-order valence-electron chi connectivity index (χ2n) is 6.14. The van der Waals surface area contributed by atoms with Crippen molar-refractivity contribution in [2.75, 3.05) is 12.3 Å². The Hall–Kier alpha value is -1.62. The number of piperidine rings is 1. The second-order valence-corrected chi connectivity index (χ2v) is 6.14. The van der Waals surface area contributed by atoms with Crippen LogP contribution in [0.2, 0.25) is 0 Å². The van der Waals surface area contributed by atoms with E-state index in [2.05, 4.69) is 25.7 Å². The van der Waals surface area contributed by atoms with E-state index < -0.39 is 4.92 Å². The zero-order chi connectivity index (χ0) is 14.9. The van der Waals surface area contributed by atoms with E-state index in [-0.39, 0.29) is 11.4 Å². The third kappa shape index (κ3) is 3.10. The lowest BCUT2D eigenvalue weighted by Gasteiger charge is -2.41. The van der Waals surface area contributed by atoms with Gasteiger partial charge in [-0.3, -0.25) is 15.0 Å². The van der Waals surface area contributed by atoms with E-state index in [4.69, 9.17) is 5.73 Å². The molecule has 110 valence electrons. The largest absolute Gasteiger partial charge is 0.393 e. The number of nitrogens with zero attached hydrogens (tertiary/aromatic N) is 2. The Balaban J connectivity index is 2.17. The molecule has 2 N–H and O–H groups in total. The van der Waals surface area contributed by atoms with Crippen LogP contribution in [0, 0.1) is 22.0 Å². The number of hydrogen-bond acceptors (Lipinski definition) is 4. The Labute approximate surface area is 119 Å². The van der Waals surface area contributed by atoms with Gasteiger partial charge in [-0.05, 0) is 36.8 Å². The van der Waals surface area contributed by atoms with Crippen molar-refractivity contribution in [3.05, 3.63) is 33.9 Å². The number of hydrogen-bond donors (Lipinski definition) is 1. The first-order chi connectivity index (χ1) is 9.38. The van der Waals surface area contributed by atoms with Crippen LogP contribution in [-0.2, 0) is 6.54 Å². The SMILES string of the molecule is CC1CC(C)C(C)N(Cc2ccc(N)c([N+](=O)[O-])c2)C1. The van der Waals surface area contributed by atoms with Crippen LogP contribution in [0.3, 0.4) is 0 Å². The Kier molecular flexibility index (Phi) is 4.28. The van der Waals surface area contributed by atoms with E-state index >= 15 is 0 Å². The van der Waals surface area contributed by atoms with Gasteiger partial charge < -0.3 is 5.73 Å². The van der Waals surface area contributed by atoms with Crippen molar-refractivity contribution in [2.45, 2.75) is 39.8 Å². The molecule has 1 saturated heterocycles. The molecule has 5 heteroatoms. The highest BCUT2D eigenvalue weighted by Crippen LogP contribution is 2.29. The van der Waals surface area contributed by atoms with Gasteiger partial charge in [0.25, 0.3) is 5.69 Å². The highest BCUT2D eigenvalue weighted by atomic mass is 16.6. The maximum absolute atomic E-state index is 10.9. The fourth-order valence-electron chi connectivity index (χ4n) is 3.12. The van der Waals surface area contributed by atoms with Crippen LogP contribution in [-0.4, -0.2) is 22.4 Å². The molecule has 1 aromatic carbocycles. The molecule has 3 unspecified atom stereocenters. The van der Waals surface area contributed by atoms with Crippen molar-refractivity contribution in [3.63, 3.8) is 0 Å². The Morgan fingerprint density at radius 1 is 1.40 bits per heavy atom. The van der Waals surface area contributed by atoms with Crippen molar-refractivity contribution in [1.82, 2.24) is 4.90 Å². The number of nitro benzene ring substituents is 1. The summed E-state index contributed by atoms with van der Waals surface area (Å²) in [4.78, 5) is 12.9. The number of benzene rings is 1. The molecule has 1 heterocycles. The first-order valence-electron chi connectivity index (χ1n) is 7.15. The Morgan fingerprint density at radius 3 is 2.75 bits per heavy atom. The van der Waals surface area contributed by atoms with Crippen molar-refractivity contribution in [1.29, 1.82) is 0 Å². The molecular weight excluding hydrogens is 254 g/mol. The van der Waals surface area contributed by atoms with Crippen LogP contribution in [0.4, 0.5) is 11.4 Å². The summed E-state index contributed by atoms with van der Waals surface area (Å²) in [5.74, 6) is 1.33. The fraction of sp³-hybridized carbons (Fsp3) is 0.600. The summed E-state index contributed by atoms with van der Waals surface area (Å²) in [5.41, 5.74) is 6.83. The van der Waals surface area contributed by atoms with Crippen molar-refractivity contribution in [2.24, 2.45) is 11.8 Å². The average molecular weight is 277 g/mol. The quantitative estimate of drug-likeness (QED) is 0.523. The zero-order valence-electron chi connectivity index (χ0n) is 12.4. The minimum Gasteiger partial charge on any atom is -0.393 e. The third-order valence-corrected chi connectivity index (χ3v) is 4.40. The predicted molar refractivity (Wildman–Crippen MR) is 80.3 cm³/mol. The number of likely N-dealkylation sites (tertiary alicyclic amines) is 1. The summed E-state index contributed by atoms with van der Waals surface area (Å²) in [6.07, 6.45) is 1.25. The normalized spacial score (nSPS) is 27.4. The van der Waals surface area contributed by atoms with E-state index in [0.717, 1.165) is 18.7 Å². The van der Waals surface area contributed by atoms with E-state index in [0.29, 0.717) is 17.9 Å². The first kappa shape index (κ1) is 14.8. The number of nitro groups is 1. The lowest BCUT2D eigenvalue weighted by Crippen LogP contribution is -2.45. The van der Waals surface area contributed by atoms with E-state index in [1.165, 1.54) is 6.42 Å². The molecular formula is C15H23N3O2. The summed E-state index contributed by atoms with van der Waals surface area (Å²) in [7, 11) is 0. The lowest BCUT2D eigenvalue weighted by molar-refractivity contribution is -0.384. The Morgan fingerprint density at radius 2 is 2.10 bits per heavy atom. The summed E-state index contributed by atoms with van der Waals surface area (Å²) in [5, 5.41) is 10.9. The highest BCUT2D eigenvalue weighted by Gasteiger charge is 2.28. The van der Waals surface area contributed by atoms with Crippen molar-refractivity contribution < 1.29 is 4.92 Å². The van der Waals surface area contributed by atoms with Crippen LogP contribution in [0.5, 0.6) is 0 Å². The van der Waals surface area contributed by atoms with Gasteiger partial charge in [0.05, 0.1) is 4.92 Å². The highest BCUT2D eigenvalue weighted by molar-refractivity contribution is 5.59. The monoisotopic (exact) mass is 277 g/mol. The summed E-state index contributed by atoms with van der Waals surface area (Å²) < 4.78 is 0. The summed E-state index contributed by atoms with van der Waals surface area (Å²) >= 11 is 0. The zero-order valence-corrected chi connectivity index (χ0v) is 12.4. The number of nitrogen functional groups attached to an aromatic ring is 1. The van der Waals surface area contributed by atoms with Gasteiger partial charge in [-0.2, -0.15) is 0 Å². The van der Waals surface area contributed by atoms with Gasteiger partial charge in [-0.1, -0.05) is 19.9 Å². The molecule has 0 bridgehead atoms. The lowest BCUT2D eigenvalue weighted by atomic mass is 9.86. The molecule has 1 fully saturated rings. The van der Waals surface area contributed by atoms with Crippen LogP contribution in [0.25, 0.3) is 0 Å². The van der Waals surface area contributed by atoms with Gasteiger partial charge in [0.1, 0.15) is 5.69 Å². The van der Waals surface area contributed by atoms with Crippen molar-refractivity contribution >= 4 is 11.4 Å². The molecule has 0 saturated carbocycles. The molecule has 0 spiro atoms. The van der Waals surface area contributed by atoms with Gasteiger partial charge in [-0.15, -0.1) is 0 Å². The first-order valence-corrected chi connectivity index (χ1v) is 7.15. The van der Waals surface area contributed by atoms with Gasteiger partial charge >= 0.3 is 0 Å². The van der Waals surface area contributed by atoms with Gasteiger partial charge in [0, 0.05) is 25.2 Å². The molecule has 0 aliphatic carbocycles. The fourth-order valence-corrected chi connectivity index (χ4v) is 3.12. The van der Waals surface area contributed by atoms with Crippen LogP contribution < -0.4 is 5.73 Å². The van der Waals surface area contributed by atoms with Crippen LogP contribution in [0.1, 0.15) is 32.8 Å². The molecule has 2 rings (SSSR count). The average Bonchev–Trinajstić information content (AvgIpc) is 2.37. The molecule has 20 heavy (non-hydrogen) atoms. The topological polar surface area (TPSA) is 72.4 Å². The van der Waals surface area contributed by atoms with Gasteiger partial charge in [-0.25, -0.2) is 0 Å². The van der Waals surface area contributed by atoms with Gasteiger partial charge in [0.2, 0.25) is 0 Å². The van der Waals surface area contributed by atoms with Crippen LogP contribution >= 0.6 is 0 Å². The minimum absolute atomic E-state index is 0.00765. The molecule has 0 radical (unpaired) electrons. The third-order valence-electron chi connectivity index (χ3n) is 4.40. The number of nitrogens with two attached hydrogens (primary N) is 1. The Bertz CT molecular complexity index is 504. The van der Waals surface area contributed by atoms with E-state index in [1.807, 2.05) is 6.07 Å². The van der Waals surface area contributed by atoms with E-state index in [1.54, 1.807) is 12.1 Å². The smallest absolute Gasteiger partial charge is 0.292 e. The van der Waals surface area contributed by atoms with Gasteiger partial charge in [0.15, 0.2) is 0 Å². The van der Waals surface area contributed by atoms with Crippen LogP contribution in [0.15, 0.2) is 18.2 Å². The van der Waals surface area contributed by atoms with Crippen molar-refractivity contribution in [3.8, 4) is 0 Å². The number of rotatable bonds is 3. The molecule has 3 atom stereocenters. The minimum atomic E-state index is -0.413. The molecule has 1 aliphatic heterocycles. The molecule has 0 amide bonds. The summed E-state index contributed by atoms with van der Waals surface area (Å²) in [6.45, 7) is 8.57. The maximum Gasteiger partial charge on any atom is 0.292 e. The number of anilines is 1. The molecule has 0 aromatic heterocycles. The standard InChI is InChI=1S/C15H23N3O2/c1-10-6-11(2)12(3)17(8-10)9-13-4-5-14(16)15(7-13)18(19)20/h4-5,7,10-12H,6,8-9,16H2,1-3H3. The van der Waals surface area contributed by atoms with E-state index in [9.17, 15) is 10.1 Å². The second kappa shape index (κ2) is 5.79. The predicted octanol–water partition coefficient (Wildman–Crippen LogP) is 3.04. The molecule has 5 nitrogen and oxygen atoms in total.